The molecule has 0 saturated heterocycles. The van der Waals surface area contributed by atoms with E-state index < -0.39 is 0 Å². The van der Waals surface area contributed by atoms with Gasteiger partial charge in [-0.3, -0.25) is 9.25 Å². The van der Waals surface area contributed by atoms with E-state index in [1.165, 1.54) is 0 Å². The van der Waals surface area contributed by atoms with Crippen LogP contribution in [0.3, 0.4) is 0 Å². The molecule has 7 heteroatoms. The summed E-state index contributed by atoms with van der Waals surface area (Å²) in [5.74, 6) is 0.763. The Labute approximate surface area is 110 Å². The summed E-state index contributed by atoms with van der Waals surface area (Å²) in [5, 5.41) is 4.33. The van der Waals surface area contributed by atoms with Crippen molar-refractivity contribution in [3.8, 4) is 5.82 Å². The van der Waals surface area contributed by atoms with Crippen LogP contribution in [0.25, 0.3) is 17.0 Å². The summed E-state index contributed by atoms with van der Waals surface area (Å²) in [6.07, 6.45) is 3.61. The third kappa shape index (κ3) is 1.71. The molecule has 5 nitrogen and oxygen atoms in total. The Morgan fingerprint density at radius 3 is 3.00 bits per heavy atom. The average molecular weight is 310 g/mol. The normalized spacial score (nSPS) is 11.2. The number of halogens is 1. The minimum absolute atomic E-state index is 0.587. The summed E-state index contributed by atoms with van der Waals surface area (Å²) >= 11 is 8.67. The molecule has 0 atom stereocenters. The van der Waals surface area contributed by atoms with Crippen LogP contribution in [0.1, 0.15) is 0 Å². The average Bonchev–Trinajstić information content (AvgIpc) is 2.80. The zero-order valence-corrected chi connectivity index (χ0v) is 11.3. The molecule has 3 heterocycles. The van der Waals surface area contributed by atoms with Crippen LogP contribution >= 0.6 is 28.1 Å². The molecule has 0 aliphatic heterocycles. The minimum atomic E-state index is 0.587. The second-order valence-corrected chi connectivity index (χ2v) is 4.94. The molecule has 3 rings (SSSR count). The SMILES string of the molecule is Cn1ccc(-n2c(=S)[nH]c3cc(Br)cnc32)n1. The van der Waals surface area contributed by atoms with Crippen LogP contribution in [0.2, 0.25) is 0 Å². The number of aromatic amines is 1. The predicted octanol–water partition coefficient (Wildman–Crippen LogP) is 2.58. The van der Waals surface area contributed by atoms with Crippen molar-refractivity contribution < 1.29 is 0 Å². The molecule has 17 heavy (non-hydrogen) atoms. The highest BCUT2D eigenvalue weighted by Gasteiger charge is 2.09. The number of hydrogen-bond acceptors (Lipinski definition) is 3. The Morgan fingerprint density at radius 2 is 2.29 bits per heavy atom. The van der Waals surface area contributed by atoms with Crippen molar-refractivity contribution in [1.82, 2.24) is 24.3 Å². The van der Waals surface area contributed by atoms with Crippen LogP contribution in [-0.2, 0) is 7.05 Å². The third-order valence-electron chi connectivity index (χ3n) is 2.42. The largest absolute Gasteiger partial charge is 0.329 e. The van der Waals surface area contributed by atoms with Crippen LogP contribution in [0.4, 0.5) is 0 Å². The molecule has 0 spiro atoms. The van der Waals surface area contributed by atoms with E-state index in [0.717, 1.165) is 21.5 Å². The van der Waals surface area contributed by atoms with Gasteiger partial charge < -0.3 is 4.98 Å². The topological polar surface area (TPSA) is 51.4 Å². The highest BCUT2D eigenvalue weighted by atomic mass is 79.9. The van der Waals surface area contributed by atoms with E-state index in [9.17, 15) is 0 Å². The first-order chi connectivity index (χ1) is 8.15. The van der Waals surface area contributed by atoms with Crippen molar-refractivity contribution >= 4 is 39.3 Å². The van der Waals surface area contributed by atoms with Gasteiger partial charge in [0, 0.05) is 30.0 Å². The van der Waals surface area contributed by atoms with Crippen molar-refractivity contribution in [2.75, 3.05) is 0 Å². The van der Waals surface area contributed by atoms with Crippen molar-refractivity contribution in [3.63, 3.8) is 0 Å². The maximum absolute atomic E-state index is 5.29. The first-order valence-corrected chi connectivity index (χ1v) is 6.11. The number of hydrogen-bond donors (Lipinski definition) is 1. The van der Waals surface area contributed by atoms with Gasteiger partial charge in [0.2, 0.25) is 0 Å². The predicted molar refractivity (Wildman–Crippen MR) is 70.7 cm³/mol. The number of nitrogens with one attached hydrogen (secondary N) is 1. The molecule has 0 aromatic carbocycles. The molecular weight excluding hydrogens is 302 g/mol. The quantitative estimate of drug-likeness (QED) is 0.703. The lowest BCUT2D eigenvalue weighted by atomic mass is 10.4. The number of fused-ring (bicyclic) bond motifs is 1. The summed E-state index contributed by atoms with van der Waals surface area (Å²) in [5.41, 5.74) is 1.66. The van der Waals surface area contributed by atoms with E-state index in [1.54, 1.807) is 10.9 Å². The summed E-state index contributed by atoms with van der Waals surface area (Å²) in [4.78, 5) is 7.47. The number of imidazole rings is 1. The van der Waals surface area contributed by atoms with Crippen molar-refractivity contribution in [2.45, 2.75) is 0 Å². The number of aryl methyl sites for hydroxylation is 1. The highest BCUT2D eigenvalue weighted by Crippen LogP contribution is 2.19. The minimum Gasteiger partial charge on any atom is -0.329 e. The van der Waals surface area contributed by atoms with Crippen LogP contribution in [0, 0.1) is 4.77 Å². The van der Waals surface area contributed by atoms with Crippen LogP contribution < -0.4 is 0 Å². The number of aromatic nitrogens is 5. The standard InChI is InChI=1S/C10H8BrN5S/c1-15-3-2-8(14-15)16-9-7(13-10(16)17)4-6(11)5-12-9/h2-5H,1H3,(H,13,17). The molecule has 0 fully saturated rings. The van der Waals surface area contributed by atoms with Gasteiger partial charge in [-0.05, 0) is 34.2 Å². The molecule has 0 aliphatic carbocycles. The molecule has 3 aromatic rings. The van der Waals surface area contributed by atoms with Crippen molar-refractivity contribution in [1.29, 1.82) is 0 Å². The van der Waals surface area contributed by atoms with Gasteiger partial charge in [-0.1, -0.05) is 0 Å². The maximum atomic E-state index is 5.29. The summed E-state index contributed by atoms with van der Waals surface area (Å²) < 4.78 is 5.05. The van der Waals surface area contributed by atoms with Crippen LogP contribution in [0.15, 0.2) is 29.0 Å². The van der Waals surface area contributed by atoms with Gasteiger partial charge >= 0.3 is 0 Å². The second kappa shape index (κ2) is 3.78. The first-order valence-electron chi connectivity index (χ1n) is 4.91. The number of H-pyrrole nitrogens is 1. The lowest BCUT2D eigenvalue weighted by molar-refractivity contribution is 0.751. The first kappa shape index (κ1) is 10.7. The van der Waals surface area contributed by atoms with Gasteiger partial charge in [0.25, 0.3) is 0 Å². The molecule has 0 saturated carbocycles. The Morgan fingerprint density at radius 1 is 1.47 bits per heavy atom. The zero-order chi connectivity index (χ0) is 12.0. The smallest absolute Gasteiger partial charge is 0.185 e. The lowest BCUT2D eigenvalue weighted by Gasteiger charge is -1.98. The molecule has 3 aromatic heterocycles. The molecular formula is C10H8BrN5S. The third-order valence-corrected chi connectivity index (χ3v) is 3.14. The Bertz CT molecular complexity index is 753. The van der Waals surface area contributed by atoms with E-state index in [4.69, 9.17) is 12.2 Å². The van der Waals surface area contributed by atoms with Crippen molar-refractivity contribution in [3.05, 3.63) is 33.8 Å². The monoisotopic (exact) mass is 309 g/mol. The molecule has 0 radical (unpaired) electrons. The molecule has 0 bridgehead atoms. The second-order valence-electron chi connectivity index (χ2n) is 3.64. The summed E-state index contributed by atoms with van der Waals surface area (Å²) in [7, 11) is 1.87. The molecule has 0 unspecified atom stereocenters. The van der Waals surface area contributed by atoms with E-state index in [0.29, 0.717) is 4.77 Å². The molecule has 86 valence electrons. The lowest BCUT2D eigenvalue weighted by Crippen LogP contribution is -1.98. The fourth-order valence-electron chi connectivity index (χ4n) is 1.70. The van der Waals surface area contributed by atoms with E-state index in [1.807, 2.05) is 29.9 Å². The van der Waals surface area contributed by atoms with Gasteiger partial charge in [-0.15, -0.1) is 0 Å². The van der Waals surface area contributed by atoms with E-state index in [-0.39, 0.29) is 0 Å². The van der Waals surface area contributed by atoms with Gasteiger partial charge in [0.15, 0.2) is 16.2 Å². The van der Waals surface area contributed by atoms with Gasteiger partial charge in [-0.25, -0.2) is 4.98 Å². The fraction of sp³-hybridized carbons (Fsp3) is 0.100. The van der Waals surface area contributed by atoms with E-state index >= 15 is 0 Å². The van der Waals surface area contributed by atoms with Crippen LogP contribution in [0.5, 0.6) is 0 Å². The molecule has 0 aliphatic rings. The van der Waals surface area contributed by atoms with Gasteiger partial charge in [-0.2, -0.15) is 5.10 Å². The number of nitrogens with zero attached hydrogens (tertiary/aromatic N) is 4. The maximum Gasteiger partial charge on any atom is 0.185 e. The Balaban J connectivity index is 2.36. The number of pyridine rings is 1. The van der Waals surface area contributed by atoms with E-state index in [2.05, 4.69) is 31.0 Å². The summed E-state index contributed by atoms with van der Waals surface area (Å²) in [6, 6.07) is 3.84. The Hall–Kier alpha value is -1.47. The van der Waals surface area contributed by atoms with Crippen LogP contribution in [-0.4, -0.2) is 24.3 Å². The summed E-state index contributed by atoms with van der Waals surface area (Å²) in [6.45, 7) is 0. The zero-order valence-electron chi connectivity index (χ0n) is 8.88. The van der Waals surface area contributed by atoms with Gasteiger partial charge in [0.1, 0.15) is 0 Å². The molecule has 0 amide bonds. The Kier molecular flexibility index (Phi) is 2.37. The number of rotatable bonds is 1. The highest BCUT2D eigenvalue weighted by molar-refractivity contribution is 9.10. The van der Waals surface area contributed by atoms with Crippen molar-refractivity contribution in [2.24, 2.45) is 7.05 Å². The molecule has 1 N–H and O–H groups in total. The fourth-order valence-corrected chi connectivity index (χ4v) is 2.33. The van der Waals surface area contributed by atoms with Gasteiger partial charge in [0.05, 0.1) is 5.52 Å².